The van der Waals surface area contributed by atoms with E-state index < -0.39 is 17.8 Å². The molecule has 1 aliphatic carbocycles. The molecule has 2 aromatic heterocycles. The number of fused-ring (bicyclic) bond motifs is 3. The van der Waals surface area contributed by atoms with Gasteiger partial charge in [0.15, 0.2) is 17.5 Å². The Bertz CT molecular complexity index is 1540. The van der Waals surface area contributed by atoms with Crippen molar-refractivity contribution in [3.05, 3.63) is 75.3 Å². The first kappa shape index (κ1) is 27.2. The first-order chi connectivity index (χ1) is 19.8. The van der Waals surface area contributed by atoms with Crippen molar-refractivity contribution >= 4 is 29.4 Å². The molecule has 214 valence electrons. The normalized spacial score (nSPS) is 17.8. The van der Waals surface area contributed by atoms with E-state index in [0.717, 1.165) is 61.9 Å². The Morgan fingerprint density at radius 2 is 1.93 bits per heavy atom. The smallest absolute Gasteiger partial charge is 0.337 e. The largest absolute Gasteiger partial charge is 0.481 e. The van der Waals surface area contributed by atoms with Gasteiger partial charge in [0.2, 0.25) is 0 Å². The number of nitrogens with one attached hydrogen (secondary N) is 1. The van der Waals surface area contributed by atoms with Crippen molar-refractivity contribution in [1.82, 2.24) is 24.8 Å². The third-order valence-corrected chi connectivity index (χ3v) is 7.97. The summed E-state index contributed by atoms with van der Waals surface area (Å²) in [5, 5.41) is 2.82. The fourth-order valence-corrected chi connectivity index (χ4v) is 5.71. The number of esters is 1. The maximum Gasteiger partial charge on any atom is 0.337 e. The highest BCUT2D eigenvalue weighted by molar-refractivity contribution is 6.31. The number of imidazole rings is 1. The standard InChI is InChI=1S/C29H29ClFN5O5/c1-40-29(39)16-5-8-18(19(31)14-16)25-26-20(33-23-4-2-3-12-35(23)26)11-13-36(25)24(37)15-41-22-10-9-21(34-27(22)30)28(38)32-17-6-7-17/h5,8-10,14,17,25H,2-4,6-7,11-13,15H2,1H3,(H,32,38)/t25-/m1/s1. The molecule has 0 bridgehead atoms. The molecule has 0 radical (unpaired) electrons. The van der Waals surface area contributed by atoms with Crippen molar-refractivity contribution < 1.29 is 28.2 Å². The Balaban J connectivity index is 1.27. The summed E-state index contributed by atoms with van der Waals surface area (Å²) in [6, 6.07) is 6.58. The van der Waals surface area contributed by atoms with Crippen LogP contribution in [0.5, 0.6) is 5.75 Å². The number of methoxy groups -OCH3 is 1. The number of rotatable bonds is 7. The summed E-state index contributed by atoms with van der Waals surface area (Å²) in [6.07, 6.45) is 5.22. The maximum absolute atomic E-state index is 15.6. The second-order valence-corrected chi connectivity index (χ2v) is 10.8. The number of amides is 2. The lowest BCUT2D eigenvalue weighted by Crippen LogP contribution is -2.44. The number of aromatic nitrogens is 3. The predicted molar refractivity (Wildman–Crippen MR) is 145 cm³/mol. The third-order valence-electron chi connectivity index (χ3n) is 7.70. The van der Waals surface area contributed by atoms with E-state index in [-0.39, 0.29) is 52.2 Å². The van der Waals surface area contributed by atoms with E-state index in [2.05, 4.69) is 14.9 Å². The fraction of sp³-hybridized carbons (Fsp3) is 0.414. The molecule has 1 fully saturated rings. The number of carbonyl (C=O) groups excluding carboxylic acids is 3. The van der Waals surface area contributed by atoms with Crippen LogP contribution in [0.4, 0.5) is 4.39 Å². The molecule has 0 unspecified atom stereocenters. The minimum atomic E-state index is -0.761. The molecule has 0 spiro atoms. The van der Waals surface area contributed by atoms with E-state index in [1.165, 1.54) is 31.4 Å². The molecule has 2 amide bonds. The number of benzene rings is 1. The zero-order valence-corrected chi connectivity index (χ0v) is 23.2. The van der Waals surface area contributed by atoms with Crippen molar-refractivity contribution in [1.29, 1.82) is 0 Å². The first-order valence-corrected chi connectivity index (χ1v) is 14.1. The Kier molecular flexibility index (Phi) is 7.37. The van der Waals surface area contributed by atoms with Crippen LogP contribution in [0.1, 0.15) is 75.3 Å². The van der Waals surface area contributed by atoms with Gasteiger partial charge in [-0.25, -0.2) is 19.2 Å². The molecule has 1 atom stereocenters. The number of aryl methyl sites for hydroxylation is 1. The summed E-state index contributed by atoms with van der Waals surface area (Å²) >= 11 is 6.28. The van der Waals surface area contributed by atoms with Gasteiger partial charge in [0.1, 0.15) is 23.4 Å². The van der Waals surface area contributed by atoms with E-state index in [4.69, 9.17) is 26.1 Å². The van der Waals surface area contributed by atoms with Gasteiger partial charge in [-0.15, -0.1) is 0 Å². The zero-order chi connectivity index (χ0) is 28.7. The molecule has 6 rings (SSSR count). The van der Waals surface area contributed by atoms with E-state index in [0.29, 0.717) is 13.0 Å². The molecule has 2 aliphatic heterocycles. The topological polar surface area (TPSA) is 116 Å². The van der Waals surface area contributed by atoms with Gasteiger partial charge in [-0.05, 0) is 49.9 Å². The molecule has 4 heterocycles. The van der Waals surface area contributed by atoms with E-state index >= 15 is 4.39 Å². The minimum absolute atomic E-state index is 0.0342. The predicted octanol–water partition coefficient (Wildman–Crippen LogP) is 3.64. The van der Waals surface area contributed by atoms with Gasteiger partial charge >= 0.3 is 5.97 Å². The van der Waals surface area contributed by atoms with Crippen LogP contribution in [0.25, 0.3) is 0 Å². The number of pyridine rings is 1. The van der Waals surface area contributed by atoms with Crippen molar-refractivity contribution in [2.24, 2.45) is 0 Å². The van der Waals surface area contributed by atoms with Gasteiger partial charge in [-0.1, -0.05) is 17.7 Å². The van der Waals surface area contributed by atoms with Crippen molar-refractivity contribution in [3.8, 4) is 5.75 Å². The SMILES string of the molecule is COC(=O)c1ccc([C@@H]2c3c(nc4n3CCCC4)CCN2C(=O)COc2ccc(C(=O)NC3CC3)nc2Cl)c(F)c1. The van der Waals surface area contributed by atoms with Gasteiger partial charge in [0.25, 0.3) is 11.8 Å². The Morgan fingerprint density at radius 3 is 2.66 bits per heavy atom. The monoisotopic (exact) mass is 581 g/mol. The van der Waals surface area contributed by atoms with Crippen LogP contribution >= 0.6 is 11.6 Å². The van der Waals surface area contributed by atoms with E-state index in [9.17, 15) is 14.4 Å². The molecule has 12 heteroatoms. The van der Waals surface area contributed by atoms with Crippen LogP contribution in [0, 0.1) is 5.82 Å². The lowest BCUT2D eigenvalue weighted by Gasteiger charge is -2.37. The molecule has 1 aromatic carbocycles. The van der Waals surface area contributed by atoms with Gasteiger partial charge in [0.05, 0.1) is 24.1 Å². The van der Waals surface area contributed by atoms with E-state index in [1.807, 2.05) is 0 Å². The number of nitrogens with zero attached hydrogens (tertiary/aromatic N) is 4. The lowest BCUT2D eigenvalue weighted by atomic mass is 9.93. The molecule has 3 aromatic rings. The number of carbonyl (C=O) groups is 3. The average molecular weight is 582 g/mol. The van der Waals surface area contributed by atoms with Crippen LogP contribution in [0.2, 0.25) is 5.15 Å². The molecule has 1 N–H and O–H groups in total. The molecule has 1 saturated carbocycles. The van der Waals surface area contributed by atoms with Crippen LogP contribution in [-0.4, -0.2) is 63.5 Å². The Labute approximate surface area is 240 Å². The summed E-state index contributed by atoms with van der Waals surface area (Å²) in [5.41, 5.74) is 2.14. The number of halogens is 2. The lowest BCUT2D eigenvalue weighted by molar-refractivity contribution is -0.135. The highest BCUT2D eigenvalue weighted by Crippen LogP contribution is 2.39. The summed E-state index contributed by atoms with van der Waals surface area (Å²) in [6.45, 7) is 0.668. The Morgan fingerprint density at radius 1 is 1.10 bits per heavy atom. The summed E-state index contributed by atoms with van der Waals surface area (Å²) < 4.78 is 28.2. The van der Waals surface area contributed by atoms with Crippen LogP contribution in [-0.2, 0) is 28.9 Å². The van der Waals surface area contributed by atoms with Gasteiger partial charge < -0.3 is 24.3 Å². The van der Waals surface area contributed by atoms with E-state index in [1.54, 1.807) is 4.90 Å². The molecule has 0 saturated heterocycles. The third kappa shape index (κ3) is 5.38. The second kappa shape index (κ2) is 11.1. The van der Waals surface area contributed by atoms with Gasteiger partial charge in [0, 0.05) is 37.5 Å². The van der Waals surface area contributed by atoms with Crippen molar-refractivity contribution in [2.75, 3.05) is 20.3 Å². The van der Waals surface area contributed by atoms with Crippen molar-refractivity contribution in [2.45, 2.75) is 57.2 Å². The Hall–Kier alpha value is -3.99. The fourth-order valence-electron chi connectivity index (χ4n) is 5.50. The number of ether oxygens (including phenoxy) is 2. The maximum atomic E-state index is 15.6. The summed E-state index contributed by atoms with van der Waals surface area (Å²) in [4.78, 5) is 48.5. The molecular weight excluding hydrogens is 553 g/mol. The average Bonchev–Trinajstić information content (AvgIpc) is 3.71. The molecule has 41 heavy (non-hydrogen) atoms. The summed E-state index contributed by atoms with van der Waals surface area (Å²) in [5.74, 6) is -0.865. The van der Waals surface area contributed by atoms with Crippen LogP contribution in [0.3, 0.4) is 0 Å². The number of hydrogen-bond donors (Lipinski definition) is 1. The van der Waals surface area contributed by atoms with Crippen molar-refractivity contribution in [3.63, 3.8) is 0 Å². The molecule has 10 nitrogen and oxygen atoms in total. The quantitative estimate of drug-likeness (QED) is 0.334. The highest BCUT2D eigenvalue weighted by Gasteiger charge is 2.39. The second-order valence-electron chi connectivity index (χ2n) is 10.5. The zero-order valence-electron chi connectivity index (χ0n) is 22.5. The molecular formula is C29H29ClFN5O5. The van der Waals surface area contributed by atoms with Crippen LogP contribution in [0.15, 0.2) is 30.3 Å². The summed E-state index contributed by atoms with van der Waals surface area (Å²) in [7, 11) is 1.23. The highest BCUT2D eigenvalue weighted by atomic mass is 35.5. The number of hydrogen-bond acceptors (Lipinski definition) is 7. The first-order valence-electron chi connectivity index (χ1n) is 13.7. The van der Waals surface area contributed by atoms with Crippen LogP contribution < -0.4 is 10.1 Å². The van der Waals surface area contributed by atoms with Gasteiger partial charge in [-0.2, -0.15) is 0 Å². The molecule has 3 aliphatic rings. The minimum Gasteiger partial charge on any atom is -0.481 e. The van der Waals surface area contributed by atoms with Gasteiger partial charge in [-0.3, -0.25) is 9.59 Å².